The van der Waals surface area contributed by atoms with Gasteiger partial charge < -0.3 is 4.90 Å². The van der Waals surface area contributed by atoms with Crippen LogP contribution in [-0.4, -0.2) is 54.2 Å². The van der Waals surface area contributed by atoms with Crippen LogP contribution in [0, 0.1) is 5.82 Å². The quantitative estimate of drug-likeness (QED) is 0.839. The third kappa shape index (κ3) is 3.87. The summed E-state index contributed by atoms with van der Waals surface area (Å²) in [4.78, 5) is 27.1. The van der Waals surface area contributed by atoms with Gasteiger partial charge in [0.1, 0.15) is 11.6 Å². The smallest absolute Gasteiger partial charge is 0.254 e. The lowest BCUT2D eigenvalue weighted by Gasteiger charge is -2.34. The van der Waals surface area contributed by atoms with Crippen LogP contribution in [0.1, 0.15) is 23.7 Å². The van der Waals surface area contributed by atoms with Gasteiger partial charge in [-0.05, 0) is 25.1 Å². The monoisotopic (exact) mass is 278 g/mol. The average Bonchev–Trinajstić information content (AvgIpc) is 2.45. The number of carbonyl (C=O) groups excluding carboxylic acids is 2. The summed E-state index contributed by atoms with van der Waals surface area (Å²) >= 11 is 0. The number of Topliss-reactive ketones (excluding diaryl/α,β-unsaturated/α-hetero) is 1. The highest BCUT2D eigenvalue weighted by molar-refractivity contribution is 5.94. The van der Waals surface area contributed by atoms with Crippen molar-refractivity contribution in [3.05, 3.63) is 35.6 Å². The minimum absolute atomic E-state index is 0.129. The van der Waals surface area contributed by atoms with Gasteiger partial charge in [0.2, 0.25) is 0 Å². The third-order valence-electron chi connectivity index (χ3n) is 3.51. The highest BCUT2D eigenvalue weighted by Crippen LogP contribution is 2.10. The third-order valence-corrected chi connectivity index (χ3v) is 3.51. The number of halogens is 1. The number of benzene rings is 1. The lowest BCUT2D eigenvalue weighted by atomic mass is 10.1. The van der Waals surface area contributed by atoms with Gasteiger partial charge in [-0.2, -0.15) is 0 Å². The molecule has 0 spiro atoms. The molecule has 0 aliphatic carbocycles. The fourth-order valence-corrected chi connectivity index (χ4v) is 2.29. The van der Waals surface area contributed by atoms with Crippen molar-refractivity contribution in [2.75, 3.05) is 32.7 Å². The Hall–Kier alpha value is -1.75. The number of ketones is 1. The second-order valence-corrected chi connectivity index (χ2v) is 5.10. The van der Waals surface area contributed by atoms with E-state index in [1.165, 1.54) is 12.1 Å². The summed E-state index contributed by atoms with van der Waals surface area (Å²) in [6.07, 6.45) is 0.553. The van der Waals surface area contributed by atoms with Crippen LogP contribution in [-0.2, 0) is 4.79 Å². The molecule has 108 valence electrons. The van der Waals surface area contributed by atoms with Crippen molar-refractivity contribution in [3.63, 3.8) is 0 Å². The summed E-state index contributed by atoms with van der Waals surface area (Å²) < 4.78 is 13.1. The van der Waals surface area contributed by atoms with E-state index in [1.54, 1.807) is 24.0 Å². The molecule has 1 fully saturated rings. The maximum atomic E-state index is 13.1. The molecule has 1 aromatic carbocycles. The van der Waals surface area contributed by atoms with Gasteiger partial charge >= 0.3 is 0 Å². The fourth-order valence-electron chi connectivity index (χ4n) is 2.29. The van der Waals surface area contributed by atoms with Crippen molar-refractivity contribution in [2.45, 2.75) is 13.3 Å². The molecule has 5 heteroatoms. The second-order valence-electron chi connectivity index (χ2n) is 5.10. The molecule has 0 radical (unpaired) electrons. The van der Waals surface area contributed by atoms with E-state index >= 15 is 0 Å². The summed E-state index contributed by atoms with van der Waals surface area (Å²) in [5.74, 6) is -0.338. The molecule has 1 aliphatic rings. The predicted octanol–water partition coefficient (Wildman–Crippen LogP) is 1.56. The molecule has 0 saturated carbocycles. The fraction of sp³-hybridized carbons (Fsp3) is 0.467. The summed E-state index contributed by atoms with van der Waals surface area (Å²) in [6.45, 7) is 5.09. The summed E-state index contributed by atoms with van der Waals surface area (Å²) in [5.41, 5.74) is 0.391. The molecule has 1 aliphatic heterocycles. The van der Waals surface area contributed by atoms with E-state index in [9.17, 15) is 14.0 Å². The first-order chi connectivity index (χ1) is 9.56. The molecule has 0 aromatic heterocycles. The average molecular weight is 278 g/mol. The zero-order chi connectivity index (χ0) is 14.5. The minimum atomic E-state index is -0.393. The van der Waals surface area contributed by atoms with Crippen molar-refractivity contribution in [1.82, 2.24) is 9.80 Å². The van der Waals surface area contributed by atoms with E-state index in [4.69, 9.17) is 0 Å². The van der Waals surface area contributed by atoms with Crippen LogP contribution < -0.4 is 0 Å². The van der Waals surface area contributed by atoms with Crippen LogP contribution >= 0.6 is 0 Å². The molecule has 0 atom stereocenters. The summed E-state index contributed by atoms with van der Waals surface area (Å²) in [6, 6.07) is 5.78. The van der Waals surface area contributed by atoms with Crippen LogP contribution in [0.5, 0.6) is 0 Å². The van der Waals surface area contributed by atoms with Crippen molar-refractivity contribution < 1.29 is 14.0 Å². The SMILES string of the molecule is CC(=O)CCN1CCN(C(=O)c2cccc(F)c2)CC1. The van der Waals surface area contributed by atoms with Gasteiger partial charge in [-0.15, -0.1) is 0 Å². The number of amides is 1. The van der Waals surface area contributed by atoms with Crippen LogP contribution in [0.4, 0.5) is 4.39 Å². The van der Waals surface area contributed by atoms with Gasteiger partial charge in [-0.1, -0.05) is 6.07 Å². The van der Waals surface area contributed by atoms with E-state index < -0.39 is 5.82 Å². The molecule has 2 rings (SSSR count). The van der Waals surface area contributed by atoms with E-state index in [0.717, 1.165) is 19.6 Å². The van der Waals surface area contributed by atoms with Crippen LogP contribution in [0.25, 0.3) is 0 Å². The Labute approximate surface area is 118 Å². The molecule has 1 saturated heterocycles. The molecular weight excluding hydrogens is 259 g/mol. The van der Waals surface area contributed by atoms with Gasteiger partial charge in [0.25, 0.3) is 5.91 Å². The summed E-state index contributed by atoms with van der Waals surface area (Å²) in [5, 5.41) is 0. The lowest BCUT2D eigenvalue weighted by Crippen LogP contribution is -2.49. The topological polar surface area (TPSA) is 40.6 Å². The van der Waals surface area contributed by atoms with E-state index in [0.29, 0.717) is 25.1 Å². The first kappa shape index (κ1) is 14.7. The largest absolute Gasteiger partial charge is 0.336 e. The van der Waals surface area contributed by atoms with Gasteiger partial charge in [0, 0.05) is 44.7 Å². The Kier molecular flexibility index (Phi) is 4.84. The molecular formula is C15H19FN2O2. The van der Waals surface area contributed by atoms with Gasteiger partial charge in [-0.25, -0.2) is 4.39 Å². The van der Waals surface area contributed by atoms with Crippen molar-refractivity contribution >= 4 is 11.7 Å². The Morgan fingerprint density at radius 1 is 1.20 bits per heavy atom. The van der Waals surface area contributed by atoms with Crippen molar-refractivity contribution in [3.8, 4) is 0 Å². The molecule has 4 nitrogen and oxygen atoms in total. The number of rotatable bonds is 4. The van der Waals surface area contributed by atoms with Crippen LogP contribution in [0.3, 0.4) is 0 Å². The maximum Gasteiger partial charge on any atom is 0.254 e. The highest BCUT2D eigenvalue weighted by atomic mass is 19.1. The first-order valence-corrected chi connectivity index (χ1v) is 6.83. The maximum absolute atomic E-state index is 13.1. The van der Waals surface area contributed by atoms with E-state index in [2.05, 4.69) is 4.90 Å². The van der Waals surface area contributed by atoms with Gasteiger partial charge in [0.15, 0.2) is 0 Å². The molecule has 1 heterocycles. The van der Waals surface area contributed by atoms with Crippen molar-refractivity contribution in [2.24, 2.45) is 0 Å². The number of carbonyl (C=O) groups is 2. The standard InChI is InChI=1S/C15H19FN2O2/c1-12(19)5-6-17-7-9-18(10-8-17)15(20)13-3-2-4-14(16)11-13/h2-4,11H,5-10H2,1H3. The van der Waals surface area contributed by atoms with E-state index in [-0.39, 0.29) is 11.7 Å². The Bertz CT molecular complexity index is 496. The first-order valence-electron chi connectivity index (χ1n) is 6.83. The van der Waals surface area contributed by atoms with Gasteiger partial charge in [0.05, 0.1) is 0 Å². The van der Waals surface area contributed by atoms with Crippen molar-refractivity contribution in [1.29, 1.82) is 0 Å². The van der Waals surface area contributed by atoms with Crippen LogP contribution in [0.15, 0.2) is 24.3 Å². The predicted molar refractivity (Wildman–Crippen MR) is 74.0 cm³/mol. The Morgan fingerprint density at radius 3 is 2.50 bits per heavy atom. The second kappa shape index (κ2) is 6.61. The number of hydrogen-bond acceptors (Lipinski definition) is 3. The molecule has 0 N–H and O–H groups in total. The van der Waals surface area contributed by atoms with Gasteiger partial charge in [-0.3, -0.25) is 14.5 Å². The molecule has 20 heavy (non-hydrogen) atoms. The zero-order valence-electron chi connectivity index (χ0n) is 11.6. The lowest BCUT2D eigenvalue weighted by molar-refractivity contribution is -0.117. The number of hydrogen-bond donors (Lipinski definition) is 0. The minimum Gasteiger partial charge on any atom is -0.336 e. The van der Waals surface area contributed by atoms with Crippen LogP contribution in [0.2, 0.25) is 0 Å². The molecule has 0 bridgehead atoms. The molecule has 1 aromatic rings. The zero-order valence-corrected chi connectivity index (χ0v) is 11.6. The Morgan fingerprint density at radius 2 is 1.90 bits per heavy atom. The molecule has 0 unspecified atom stereocenters. The highest BCUT2D eigenvalue weighted by Gasteiger charge is 2.22. The summed E-state index contributed by atoms with van der Waals surface area (Å²) in [7, 11) is 0. The number of piperazine rings is 1. The number of nitrogens with zero attached hydrogens (tertiary/aromatic N) is 2. The normalized spacial score (nSPS) is 16.2. The van der Waals surface area contributed by atoms with E-state index in [1.807, 2.05) is 0 Å². The Balaban J connectivity index is 1.87. The molecule has 1 amide bonds.